The average Bonchev–Trinajstić information content (AvgIpc) is 2.71. The van der Waals surface area contributed by atoms with Crippen LogP contribution in [0.5, 0.6) is 0 Å². The minimum atomic E-state index is 0.750. The molecule has 2 rings (SSSR count). The van der Waals surface area contributed by atoms with Crippen LogP contribution in [0.1, 0.15) is 32.6 Å². The summed E-state index contributed by atoms with van der Waals surface area (Å²) in [6.45, 7) is 2.93. The Hall–Kier alpha value is -0.770. The zero-order valence-corrected chi connectivity index (χ0v) is 9.89. The first-order valence-electron chi connectivity index (χ1n) is 5.62. The van der Waals surface area contributed by atoms with Gasteiger partial charge in [0.05, 0.1) is 0 Å². The molecular formula is C11H17N3S. The van der Waals surface area contributed by atoms with Crippen molar-refractivity contribution in [2.45, 2.75) is 42.9 Å². The Kier molecular flexibility index (Phi) is 3.83. The molecule has 0 spiro atoms. The van der Waals surface area contributed by atoms with Gasteiger partial charge in [-0.15, -0.1) is 11.8 Å². The summed E-state index contributed by atoms with van der Waals surface area (Å²) in [4.78, 5) is 8.63. The van der Waals surface area contributed by atoms with Gasteiger partial charge in [-0.1, -0.05) is 12.8 Å². The third-order valence-corrected chi connectivity index (χ3v) is 3.83. The van der Waals surface area contributed by atoms with E-state index in [9.17, 15) is 0 Å². The summed E-state index contributed by atoms with van der Waals surface area (Å²) >= 11 is 1.90. The molecule has 4 heteroatoms. The maximum absolute atomic E-state index is 4.47. The fourth-order valence-electron chi connectivity index (χ4n) is 1.83. The molecular weight excluding hydrogens is 206 g/mol. The van der Waals surface area contributed by atoms with Gasteiger partial charge in [0.25, 0.3) is 0 Å². The van der Waals surface area contributed by atoms with Crippen LogP contribution < -0.4 is 5.32 Å². The van der Waals surface area contributed by atoms with Gasteiger partial charge in [0.1, 0.15) is 5.03 Å². The van der Waals surface area contributed by atoms with E-state index in [1.54, 1.807) is 0 Å². The summed E-state index contributed by atoms with van der Waals surface area (Å²) in [5, 5.41) is 5.01. The molecule has 1 heterocycles. The molecule has 0 amide bonds. The van der Waals surface area contributed by atoms with Gasteiger partial charge in [-0.05, 0) is 25.8 Å². The van der Waals surface area contributed by atoms with E-state index < -0.39 is 0 Å². The second-order valence-corrected chi connectivity index (χ2v) is 5.09. The Morgan fingerprint density at radius 2 is 2.27 bits per heavy atom. The fraction of sp³-hybridized carbons (Fsp3) is 0.636. The van der Waals surface area contributed by atoms with Gasteiger partial charge in [0, 0.05) is 18.0 Å². The maximum atomic E-state index is 4.47. The van der Waals surface area contributed by atoms with E-state index in [0.29, 0.717) is 0 Å². The van der Waals surface area contributed by atoms with Gasteiger partial charge in [-0.25, -0.2) is 9.97 Å². The number of hydrogen-bond acceptors (Lipinski definition) is 4. The lowest BCUT2D eigenvalue weighted by molar-refractivity contribution is 0.886. The lowest BCUT2D eigenvalue weighted by atomic mass is 10.4. The summed E-state index contributed by atoms with van der Waals surface area (Å²) in [7, 11) is 0. The lowest BCUT2D eigenvalue weighted by Crippen LogP contribution is -2.03. The second kappa shape index (κ2) is 5.35. The number of thioether (sulfide) groups is 1. The van der Waals surface area contributed by atoms with Gasteiger partial charge >= 0.3 is 0 Å². The summed E-state index contributed by atoms with van der Waals surface area (Å²) in [5.74, 6) is 0.750. The molecule has 1 aliphatic carbocycles. The molecule has 1 aliphatic rings. The quantitative estimate of drug-likeness (QED) is 0.796. The van der Waals surface area contributed by atoms with Gasteiger partial charge in [0.2, 0.25) is 5.95 Å². The molecule has 15 heavy (non-hydrogen) atoms. The van der Waals surface area contributed by atoms with Crippen molar-refractivity contribution in [2.75, 3.05) is 11.9 Å². The second-order valence-electron chi connectivity index (χ2n) is 3.77. The number of anilines is 1. The predicted octanol–water partition coefficient (Wildman–Crippen LogP) is 2.94. The Bertz CT molecular complexity index is 310. The normalized spacial score (nSPS) is 16.9. The van der Waals surface area contributed by atoms with Crippen LogP contribution in [0.3, 0.4) is 0 Å². The van der Waals surface area contributed by atoms with E-state index in [0.717, 1.165) is 22.8 Å². The van der Waals surface area contributed by atoms with Crippen LogP contribution in [-0.4, -0.2) is 21.8 Å². The molecule has 1 saturated carbocycles. The van der Waals surface area contributed by atoms with Gasteiger partial charge < -0.3 is 5.32 Å². The lowest BCUT2D eigenvalue weighted by Gasteiger charge is -2.08. The summed E-state index contributed by atoms with van der Waals surface area (Å²) < 4.78 is 0. The molecule has 3 nitrogen and oxygen atoms in total. The first kappa shape index (κ1) is 10.7. The standard InChI is InChI=1S/C11H17N3S/c1-2-12-11-13-8-7-10(14-11)15-9-5-3-4-6-9/h7-9H,2-6H2,1H3,(H,12,13,14). The van der Waals surface area contributed by atoms with Crippen LogP contribution in [0.2, 0.25) is 0 Å². The largest absolute Gasteiger partial charge is 0.354 e. The van der Waals surface area contributed by atoms with E-state index in [4.69, 9.17) is 0 Å². The molecule has 0 bridgehead atoms. The Labute approximate surface area is 95.1 Å². The minimum absolute atomic E-state index is 0.750. The molecule has 1 aromatic heterocycles. The Morgan fingerprint density at radius 1 is 1.47 bits per heavy atom. The molecule has 1 aromatic rings. The van der Waals surface area contributed by atoms with Crippen LogP contribution in [0.4, 0.5) is 5.95 Å². The van der Waals surface area contributed by atoms with Gasteiger partial charge in [-0.3, -0.25) is 0 Å². The highest BCUT2D eigenvalue weighted by Gasteiger charge is 2.16. The molecule has 1 N–H and O–H groups in total. The number of rotatable bonds is 4. The van der Waals surface area contributed by atoms with Crippen molar-refractivity contribution in [3.63, 3.8) is 0 Å². The first-order valence-corrected chi connectivity index (χ1v) is 6.50. The minimum Gasteiger partial charge on any atom is -0.354 e. The molecule has 0 saturated heterocycles. The van der Waals surface area contributed by atoms with Crippen LogP contribution in [0.25, 0.3) is 0 Å². The maximum Gasteiger partial charge on any atom is 0.223 e. The number of aromatic nitrogens is 2. The number of hydrogen-bond donors (Lipinski definition) is 1. The highest BCUT2D eigenvalue weighted by molar-refractivity contribution is 7.99. The molecule has 1 fully saturated rings. The third kappa shape index (κ3) is 3.09. The number of nitrogens with one attached hydrogen (secondary N) is 1. The Morgan fingerprint density at radius 3 is 3.00 bits per heavy atom. The highest BCUT2D eigenvalue weighted by Crippen LogP contribution is 2.33. The van der Waals surface area contributed by atoms with E-state index in [2.05, 4.69) is 22.2 Å². The Balaban J connectivity index is 1.97. The molecule has 0 aliphatic heterocycles. The average molecular weight is 223 g/mol. The van der Waals surface area contributed by atoms with E-state index in [1.165, 1.54) is 25.7 Å². The first-order chi connectivity index (χ1) is 7.38. The van der Waals surface area contributed by atoms with Gasteiger partial charge in [0.15, 0.2) is 0 Å². The third-order valence-electron chi connectivity index (χ3n) is 2.55. The molecule has 0 unspecified atom stereocenters. The molecule has 0 aromatic carbocycles. The van der Waals surface area contributed by atoms with E-state index >= 15 is 0 Å². The zero-order chi connectivity index (χ0) is 10.5. The SMILES string of the molecule is CCNc1nccc(SC2CCCC2)n1. The summed E-state index contributed by atoms with van der Waals surface area (Å²) in [6.07, 6.45) is 7.27. The van der Waals surface area contributed by atoms with Crippen LogP contribution in [0.15, 0.2) is 17.3 Å². The molecule has 0 radical (unpaired) electrons. The fourth-order valence-corrected chi connectivity index (χ4v) is 3.02. The van der Waals surface area contributed by atoms with Crippen LogP contribution >= 0.6 is 11.8 Å². The zero-order valence-electron chi connectivity index (χ0n) is 9.07. The molecule has 0 atom stereocenters. The van der Waals surface area contributed by atoms with Crippen molar-refractivity contribution in [1.82, 2.24) is 9.97 Å². The smallest absolute Gasteiger partial charge is 0.223 e. The highest BCUT2D eigenvalue weighted by atomic mass is 32.2. The van der Waals surface area contributed by atoms with Crippen molar-refractivity contribution < 1.29 is 0 Å². The summed E-state index contributed by atoms with van der Waals surface area (Å²) in [5.41, 5.74) is 0. The number of nitrogens with zero attached hydrogens (tertiary/aromatic N) is 2. The van der Waals surface area contributed by atoms with E-state index in [1.807, 2.05) is 24.0 Å². The van der Waals surface area contributed by atoms with Crippen LogP contribution in [0, 0.1) is 0 Å². The van der Waals surface area contributed by atoms with Crippen molar-refractivity contribution in [3.8, 4) is 0 Å². The van der Waals surface area contributed by atoms with Crippen molar-refractivity contribution in [2.24, 2.45) is 0 Å². The van der Waals surface area contributed by atoms with Crippen molar-refractivity contribution >= 4 is 17.7 Å². The van der Waals surface area contributed by atoms with E-state index in [-0.39, 0.29) is 0 Å². The predicted molar refractivity (Wildman–Crippen MR) is 64.3 cm³/mol. The van der Waals surface area contributed by atoms with Crippen molar-refractivity contribution in [3.05, 3.63) is 12.3 Å². The monoisotopic (exact) mass is 223 g/mol. The van der Waals surface area contributed by atoms with Gasteiger partial charge in [-0.2, -0.15) is 0 Å². The summed E-state index contributed by atoms with van der Waals surface area (Å²) in [6, 6.07) is 2.00. The van der Waals surface area contributed by atoms with Crippen molar-refractivity contribution in [1.29, 1.82) is 0 Å². The topological polar surface area (TPSA) is 37.8 Å². The molecule has 82 valence electrons. The van der Waals surface area contributed by atoms with Crippen LogP contribution in [-0.2, 0) is 0 Å².